The molecule has 1 fully saturated rings. The Morgan fingerprint density at radius 2 is 1.80 bits per heavy atom. The Balaban J connectivity index is 1.83. The van der Waals surface area contributed by atoms with Crippen molar-refractivity contribution >= 4 is 11.0 Å². The summed E-state index contributed by atoms with van der Waals surface area (Å²) in [5.74, 6) is 0.509. The molecule has 186 valence electrons. The summed E-state index contributed by atoms with van der Waals surface area (Å²) in [6.07, 6.45) is 5.86. The summed E-state index contributed by atoms with van der Waals surface area (Å²) in [4.78, 5) is 16.0. The number of nitrogens with zero attached hydrogens (tertiary/aromatic N) is 1. The predicted molar refractivity (Wildman–Crippen MR) is 137 cm³/mol. The highest BCUT2D eigenvalue weighted by atomic mass is 16.5. The lowest BCUT2D eigenvalue weighted by molar-refractivity contribution is 0.182. The molecule has 1 aromatic heterocycles. The lowest BCUT2D eigenvalue weighted by atomic mass is 10.0. The monoisotopic (exact) mass is 479 g/mol. The highest BCUT2D eigenvalue weighted by molar-refractivity contribution is 5.91. The minimum atomic E-state index is -0.466. The number of likely N-dealkylation sites (tertiary alicyclic amines) is 1. The summed E-state index contributed by atoms with van der Waals surface area (Å²) in [5, 5.41) is 21.2. The van der Waals surface area contributed by atoms with Gasteiger partial charge in [0.15, 0.2) is 5.76 Å². The number of methoxy groups -OCH3 is 1. The molecule has 0 atom stereocenters. The fourth-order valence-corrected chi connectivity index (χ4v) is 4.40. The molecule has 0 spiro atoms. The number of fused-ring (bicyclic) bond motifs is 1. The molecule has 0 bridgehead atoms. The van der Waals surface area contributed by atoms with Gasteiger partial charge in [-0.15, -0.1) is 0 Å². The predicted octanol–water partition coefficient (Wildman–Crippen LogP) is 5.25. The van der Waals surface area contributed by atoms with E-state index < -0.39 is 5.43 Å². The molecule has 4 rings (SSSR count). The molecular weight excluding hydrogens is 446 g/mol. The Bertz CT molecular complexity index is 1270. The first-order chi connectivity index (χ1) is 16.9. The van der Waals surface area contributed by atoms with Crippen molar-refractivity contribution in [2.75, 3.05) is 33.4 Å². The van der Waals surface area contributed by atoms with Gasteiger partial charge in [-0.1, -0.05) is 18.1 Å². The number of phenols is 2. The molecule has 0 saturated carbocycles. The van der Waals surface area contributed by atoms with E-state index in [1.807, 2.05) is 19.9 Å². The lowest BCUT2D eigenvalue weighted by Gasteiger charge is -2.26. The van der Waals surface area contributed by atoms with Crippen LogP contribution in [-0.2, 0) is 6.42 Å². The maximum atomic E-state index is 13.7. The smallest absolute Gasteiger partial charge is 0.239 e. The van der Waals surface area contributed by atoms with E-state index in [0.29, 0.717) is 36.4 Å². The van der Waals surface area contributed by atoms with Crippen molar-refractivity contribution in [1.29, 1.82) is 0 Å². The summed E-state index contributed by atoms with van der Waals surface area (Å²) in [7, 11) is 1.58. The van der Waals surface area contributed by atoms with Crippen molar-refractivity contribution in [3.8, 4) is 34.3 Å². The number of piperidine rings is 1. The zero-order valence-electron chi connectivity index (χ0n) is 20.6. The summed E-state index contributed by atoms with van der Waals surface area (Å²) in [5.41, 5.74) is 1.81. The van der Waals surface area contributed by atoms with Crippen LogP contribution < -0.4 is 14.9 Å². The van der Waals surface area contributed by atoms with Gasteiger partial charge in [0.05, 0.1) is 7.11 Å². The zero-order valence-corrected chi connectivity index (χ0v) is 20.6. The normalized spacial score (nSPS) is 14.1. The van der Waals surface area contributed by atoms with Crippen LogP contribution in [0.3, 0.4) is 0 Å². The summed E-state index contributed by atoms with van der Waals surface area (Å²) in [6, 6.07) is 8.33. The van der Waals surface area contributed by atoms with Gasteiger partial charge in [-0.25, -0.2) is 0 Å². The number of benzene rings is 2. The van der Waals surface area contributed by atoms with Gasteiger partial charge in [0.1, 0.15) is 34.8 Å². The van der Waals surface area contributed by atoms with Crippen molar-refractivity contribution in [2.24, 2.45) is 0 Å². The van der Waals surface area contributed by atoms with Crippen LogP contribution in [0, 0.1) is 0 Å². The van der Waals surface area contributed by atoms with Crippen molar-refractivity contribution in [3.05, 3.63) is 57.8 Å². The van der Waals surface area contributed by atoms with Gasteiger partial charge >= 0.3 is 0 Å². The number of rotatable bonds is 8. The van der Waals surface area contributed by atoms with Crippen molar-refractivity contribution in [3.63, 3.8) is 0 Å². The molecule has 35 heavy (non-hydrogen) atoms. The van der Waals surface area contributed by atoms with Crippen LogP contribution in [0.25, 0.3) is 22.3 Å². The largest absolute Gasteiger partial charge is 0.507 e. The average Bonchev–Trinajstić information content (AvgIpc) is 2.85. The first-order valence-corrected chi connectivity index (χ1v) is 12.1. The Morgan fingerprint density at radius 3 is 2.46 bits per heavy atom. The number of hydrogen-bond donors (Lipinski definition) is 2. The van der Waals surface area contributed by atoms with Crippen LogP contribution in [0.2, 0.25) is 0 Å². The molecule has 0 aliphatic carbocycles. The molecule has 3 aromatic rings. The van der Waals surface area contributed by atoms with E-state index in [-0.39, 0.29) is 34.0 Å². The first kappa shape index (κ1) is 24.7. The van der Waals surface area contributed by atoms with Crippen LogP contribution in [0.4, 0.5) is 0 Å². The molecule has 1 aliphatic heterocycles. The van der Waals surface area contributed by atoms with E-state index in [1.165, 1.54) is 25.3 Å². The van der Waals surface area contributed by atoms with Crippen molar-refractivity contribution in [1.82, 2.24) is 4.90 Å². The highest BCUT2D eigenvalue weighted by Gasteiger charge is 2.24. The molecule has 2 N–H and O–H groups in total. The number of allylic oxidation sites excluding steroid dienone is 2. The second-order valence-electron chi connectivity index (χ2n) is 9.15. The molecule has 0 amide bonds. The number of ether oxygens (including phenoxy) is 2. The SMILES string of the molecule is COc1ccc(-c2oc3c(CC=C(C)C)c(O)cc(O)c3c(=O)c2OCCN2CCCCC2)cc1. The second-order valence-corrected chi connectivity index (χ2v) is 9.15. The van der Waals surface area contributed by atoms with E-state index in [4.69, 9.17) is 13.9 Å². The third kappa shape index (κ3) is 5.46. The van der Waals surface area contributed by atoms with Gasteiger partial charge < -0.3 is 24.1 Å². The fraction of sp³-hybridized carbons (Fsp3) is 0.393. The Labute approximate surface area is 205 Å². The standard InChI is InChI=1S/C28H33NO6/c1-18(2)7-12-21-22(30)17-23(31)24-25(32)28(34-16-15-29-13-5-4-6-14-29)26(35-27(21)24)19-8-10-20(33-3)11-9-19/h7-11,17,30-31H,4-6,12-16H2,1-3H3. The van der Waals surface area contributed by atoms with E-state index in [1.54, 1.807) is 31.4 Å². The average molecular weight is 480 g/mol. The topological polar surface area (TPSA) is 92.4 Å². The quantitative estimate of drug-likeness (QED) is 0.426. The molecule has 2 heterocycles. The first-order valence-electron chi connectivity index (χ1n) is 12.1. The van der Waals surface area contributed by atoms with Crippen LogP contribution >= 0.6 is 0 Å². The van der Waals surface area contributed by atoms with Crippen molar-refractivity contribution in [2.45, 2.75) is 39.5 Å². The van der Waals surface area contributed by atoms with E-state index in [0.717, 1.165) is 18.7 Å². The molecule has 7 heteroatoms. The van der Waals surface area contributed by atoms with Crippen LogP contribution in [0.15, 0.2) is 51.2 Å². The highest BCUT2D eigenvalue weighted by Crippen LogP contribution is 2.39. The summed E-state index contributed by atoms with van der Waals surface area (Å²) >= 11 is 0. The van der Waals surface area contributed by atoms with Crippen LogP contribution in [-0.4, -0.2) is 48.5 Å². The molecular formula is C28H33NO6. The van der Waals surface area contributed by atoms with Crippen molar-refractivity contribution < 1.29 is 24.1 Å². The Kier molecular flexibility index (Phi) is 7.66. The zero-order chi connectivity index (χ0) is 24.9. The lowest BCUT2D eigenvalue weighted by Crippen LogP contribution is -2.33. The fourth-order valence-electron chi connectivity index (χ4n) is 4.40. The molecule has 0 radical (unpaired) electrons. The maximum absolute atomic E-state index is 13.7. The third-order valence-corrected chi connectivity index (χ3v) is 6.35. The number of phenolic OH excluding ortho intramolecular Hbond substituents is 2. The van der Waals surface area contributed by atoms with E-state index in [2.05, 4.69) is 4.90 Å². The molecule has 2 aromatic carbocycles. The Hall–Kier alpha value is -3.45. The van der Waals surface area contributed by atoms with Gasteiger partial charge in [-0.2, -0.15) is 0 Å². The molecule has 0 unspecified atom stereocenters. The number of aromatic hydroxyl groups is 2. The van der Waals surface area contributed by atoms with E-state index in [9.17, 15) is 15.0 Å². The van der Waals surface area contributed by atoms with Gasteiger partial charge in [-0.05, 0) is 70.5 Å². The minimum absolute atomic E-state index is 0.00481. The van der Waals surface area contributed by atoms with Gasteiger partial charge in [-0.3, -0.25) is 9.69 Å². The maximum Gasteiger partial charge on any atom is 0.239 e. The molecule has 1 saturated heterocycles. The van der Waals surface area contributed by atoms with Gasteiger partial charge in [0.25, 0.3) is 0 Å². The Morgan fingerprint density at radius 1 is 1.09 bits per heavy atom. The molecule has 1 aliphatic rings. The third-order valence-electron chi connectivity index (χ3n) is 6.35. The van der Waals surface area contributed by atoms with E-state index >= 15 is 0 Å². The summed E-state index contributed by atoms with van der Waals surface area (Å²) in [6.45, 7) is 6.97. The van der Waals surface area contributed by atoms with Gasteiger partial charge in [0, 0.05) is 23.7 Å². The number of hydrogen-bond acceptors (Lipinski definition) is 7. The minimum Gasteiger partial charge on any atom is -0.507 e. The van der Waals surface area contributed by atoms with Gasteiger partial charge in [0.2, 0.25) is 11.2 Å². The second kappa shape index (κ2) is 10.9. The summed E-state index contributed by atoms with van der Waals surface area (Å²) < 4.78 is 17.6. The molecule has 7 nitrogen and oxygen atoms in total. The van der Waals surface area contributed by atoms with Crippen LogP contribution in [0.1, 0.15) is 38.7 Å². The van der Waals surface area contributed by atoms with Crippen LogP contribution in [0.5, 0.6) is 23.0 Å².